The molecule has 0 unspecified atom stereocenters. The summed E-state index contributed by atoms with van der Waals surface area (Å²) < 4.78 is 17.2. The van der Waals surface area contributed by atoms with Gasteiger partial charge in [-0.1, -0.05) is 27.5 Å². The van der Waals surface area contributed by atoms with Crippen molar-refractivity contribution >= 4 is 39.1 Å². The summed E-state index contributed by atoms with van der Waals surface area (Å²) in [5, 5.41) is 3.12. The molecule has 7 heteroatoms. The summed E-state index contributed by atoms with van der Waals surface area (Å²) >= 11 is 9.67. The number of hydrogen-bond donors (Lipinski definition) is 1. The smallest absolute Gasteiger partial charge is 0.262 e. The molecule has 1 amide bonds. The topological polar surface area (TPSA) is 56.8 Å². The van der Waals surface area contributed by atoms with Gasteiger partial charge in [0.15, 0.2) is 6.61 Å². The predicted octanol–water partition coefficient (Wildman–Crippen LogP) is 5.06. The molecule has 5 nitrogen and oxygen atoms in total. The lowest BCUT2D eigenvalue weighted by Crippen LogP contribution is -2.21. The summed E-state index contributed by atoms with van der Waals surface area (Å²) in [7, 11) is 3.02. The number of aryl methyl sites for hydroxylation is 1. The van der Waals surface area contributed by atoms with Crippen LogP contribution < -0.4 is 19.5 Å². The van der Waals surface area contributed by atoms with Crippen LogP contribution in [0.2, 0.25) is 5.02 Å². The first-order valence-electron chi connectivity index (χ1n) is 7.89. The molecule has 0 atom stereocenters. The zero-order chi connectivity index (χ0) is 19.4. The SMILES string of the molecule is COc1cc(OC)c(NC(=O)COc2cc(C)c(Br)c(C)c2C)cc1Cl. The van der Waals surface area contributed by atoms with E-state index in [-0.39, 0.29) is 12.5 Å². The fourth-order valence-corrected chi connectivity index (χ4v) is 3.10. The van der Waals surface area contributed by atoms with E-state index < -0.39 is 0 Å². The largest absolute Gasteiger partial charge is 0.495 e. The Labute approximate surface area is 166 Å². The Morgan fingerprint density at radius 2 is 1.69 bits per heavy atom. The lowest BCUT2D eigenvalue weighted by molar-refractivity contribution is -0.118. The highest BCUT2D eigenvalue weighted by molar-refractivity contribution is 9.10. The molecule has 2 aromatic carbocycles. The predicted molar refractivity (Wildman–Crippen MR) is 107 cm³/mol. The highest BCUT2D eigenvalue weighted by Crippen LogP contribution is 2.36. The molecule has 0 spiro atoms. The number of nitrogens with one attached hydrogen (secondary N) is 1. The molecule has 0 bridgehead atoms. The lowest BCUT2D eigenvalue weighted by Gasteiger charge is -2.15. The van der Waals surface area contributed by atoms with Crippen molar-refractivity contribution in [1.82, 2.24) is 0 Å². The minimum atomic E-state index is -0.317. The van der Waals surface area contributed by atoms with Crippen LogP contribution in [-0.2, 0) is 4.79 Å². The van der Waals surface area contributed by atoms with Crippen molar-refractivity contribution in [3.8, 4) is 17.2 Å². The third-order valence-corrected chi connectivity index (χ3v) is 5.58. The van der Waals surface area contributed by atoms with Crippen LogP contribution in [0.5, 0.6) is 17.2 Å². The van der Waals surface area contributed by atoms with Gasteiger partial charge in [0, 0.05) is 10.5 Å². The van der Waals surface area contributed by atoms with Gasteiger partial charge in [-0.05, 0) is 49.6 Å². The third-order valence-electron chi connectivity index (χ3n) is 4.06. The molecule has 0 radical (unpaired) electrons. The number of anilines is 1. The molecule has 0 aromatic heterocycles. The summed E-state index contributed by atoms with van der Waals surface area (Å²) in [5.41, 5.74) is 3.57. The molecular weight excluding hydrogens is 422 g/mol. The molecule has 2 rings (SSSR count). The summed E-state index contributed by atoms with van der Waals surface area (Å²) in [6, 6.07) is 5.10. The highest BCUT2D eigenvalue weighted by atomic mass is 79.9. The van der Waals surface area contributed by atoms with E-state index in [9.17, 15) is 4.79 Å². The van der Waals surface area contributed by atoms with Gasteiger partial charge >= 0.3 is 0 Å². The van der Waals surface area contributed by atoms with Crippen LogP contribution in [0.3, 0.4) is 0 Å². The maximum atomic E-state index is 12.3. The van der Waals surface area contributed by atoms with Crippen LogP contribution in [0.1, 0.15) is 16.7 Å². The number of benzene rings is 2. The standard InChI is InChI=1S/C19H21BrClNO4/c1-10-6-15(11(2)12(3)19(10)20)26-9-18(23)22-14-7-13(21)16(24-4)8-17(14)25-5/h6-8H,9H2,1-5H3,(H,22,23). The van der Waals surface area contributed by atoms with E-state index in [0.717, 1.165) is 21.2 Å². The number of halogens is 2. The van der Waals surface area contributed by atoms with Crippen molar-refractivity contribution in [2.24, 2.45) is 0 Å². The van der Waals surface area contributed by atoms with E-state index in [2.05, 4.69) is 21.2 Å². The van der Waals surface area contributed by atoms with Crippen molar-refractivity contribution < 1.29 is 19.0 Å². The van der Waals surface area contributed by atoms with Crippen molar-refractivity contribution in [2.75, 3.05) is 26.1 Å². The maximum absolute atomic E-state index is 12.3. The van der Waals surface area contributed by atoms with Gasteiger partial charge in [0.1, 0.15) is 17.2 Å². The van der Waals surface area contributed by atoms with Crippen molar-refractivity contribution in [2.45, 2.75) is 20.8 Å². The minimum Gasteiger partial charge on any atom is -0.495 e. The van der Waals surface area contributed by atoms with Crippen molar-refractivity contribution in [1.29, 1.82) is 0 Å². The van der Waals surface area contributed by atoms with Gasteiger partial charge in [0.2, 0.25) is 0 Å². The number of ether oxygens (including phenoxy) is 3. The van der Waals surface area contributed by atoms with Crippen LogP contribution in [0.25, 0.3) is 0 Å². The Morgan fingerprint density at radius 3 is 2.31 bits per heavy atom. The Bertz CT molecular complexity index is 839. The molecule has 0 saturated heterocycles. The molecule has 0 aliphatic carbocycles. The monoisotopic (exact) mass is 441 g/mol. The number of carbonyl (C=O) groups is 1. The van der Waals surface area contributed by atoms with E-state index in [0.29, 0.717) is 28.0 Å². The van der Waals surface area contributed by atoms with Crippen molar-refractivity contribution in [3.63, 3.8) is 0 Å². The Hall–Kier alpha value is -1.92. The second-order valence-corrected chi connectivity index (χ2v) is 6.98. The van der Waals surface area contributed by atoms with Crippen molar-refractivity contribution in [3.05, 3.63) is 44.4 Å². The normalized spacial score (nSPS) is 10.4. The third kappa shape index (κ3) is 4.43. The van der Waals surface area contributed by atoms with E-state index in [1.54, 1.807) is 12.1 Å². The summed E-state index contributed by atoms with van der Waals surface area (Å²) in [6.07, 6.45) is 0. The van der Waals surface area contributed by atoms with E-state index in [4.69, 9.17) is 25.8 Å². The maximum Gasteiger partial charge on any atom is 0.262 e. The zero-order valence-electron chi connectivity index (χ0n) is 15.3. The van der Waals surface area contributed by atoms with Gasteiger partial charge in [-0.15, -0.1) is 0 Å². The first kappa shape index (κ1) is 20.4. The molecular formula is C19H21BrClNO4. The zero-order valence-corrected chi connectivity index (χ0v) is 17.7. The van der Waals surface area contributed by atoms with Crippen LogP contribution in [-0.4, -0.2) is 26.7 Å². The van der Waals surface area contributed by atoms with Gasteiger partial charge in [0.25, 0.3) is 5.91 Å². The van der Waals surface area contributed by atoms with E-state index in [1.165, 1.54) is 14.2 Å². The molecule has 0 fully saturated rings. The van der Waals surface area contributed by atoms with E-state index in [1.807, 2.05) is 26.8 Å². The van der Waals surface area contributed by atoms with Crippen LogP contribution in [0, 0.1) is 20.8 Å². The van der Waals surface area contributed by atoms with Gasteiger partial charge in [0.05, 0.1) is 24.9 Å². The van der Waals surface area contributed by atoms with Gasteiger partial charge in [-0.25, -0.2) is 0 Å². The van der Waals surface area contributed by atoms with Crippen LogP contribution in [0.15, 0.2) is 22.7 Å². The van der Waals surface area contributed by atoms with E-state index >= 15 is 0 Å². The average molecular weight is 443 g/mol. The van der Waals surface area contributed by atoms with Gasteiger partial charge in [-0.2, -0.15) is 0 Å². The Morgan fingerprint density at radius 1 is 1.04 bits per heavy atom. The molecule has 0 heterocycles. The molecule has 140 valence electrons. The molecule has 1 N–H and O–H groups in total. The summed E-state index contributed by atoms with van der Waals surface area (Å²) in [6.45, 7) is 5.81. The summed E-state index contributed by atoms with van der Waals surface area (Å²) in [4.78, 5) is 12.3. The second kappa shape index (κ2) is 8.64. The average Bonchev–Trinajstić information content (AvgIpc) is 2.62. The first-order valence-corrected chi connectivity index (χ1v) is 9.06. The van der Waals surface area contributed by atoms with Crippen LogP contribution in [0.4, 0.5) is 5.69 Å². The number of hydrogen-bond acceptors (Lipinski definition) is 4. The van der Waals surface area contributed by atoms with Gasteiger partial charge < -0.3 is 19.5 Å². The summed E-state index contributed by atoms with van der Waals surface area (Å²) in [5.74, 6) is 1.28. The Balaban J connectivity index is 2.12. The fraction of sp³-hybridized carbons (Fsp3) is 0.316. The number of amides is 1. The van der Waals surface area contributed by atoms with Crippen LogP contribution >= 0.6 is 27.5 Å². The molecule has 2 aromatic rings. The minimum absolute atomic E-state index is 0.131. The molecule has 0 saturated carbocycles. The number of carbonyl (C=O) groups excluding carboxylic acids is 1. The highest BCUT2D eigenvalue weighted by Gasteiger charge is 2.14. The molecule has 0 aliphatic heterocycles. The number of methoxy groups -OCH3 is 2. The lowest BCUT2D eigenvalue weighted by atomic mass is 10.1. The Kier molecular flexibility index (Phi) is 6.78. The molecule has 0 aliphatic rings. The fourth-order valence-electron chi connectivity index (χ4n) is 2.45. The molecule has 26 heavy (non-hydrogen) atoms. The van der Waals surface area contributed by atoms with Gasteiger partial charge in [-0.3, -0.25) is 4.79 Å². The quantitative estimate of drug-likeness (QED) is 0.679. The second-order valence-electron chi connectivity index (χ2n) is 5.78. The number of rotatable bonds is 6. The first-order chi connectivity index (χ1) is 12.3.